The average molecular weight is 203 g/mol. The van der Waals surface area contributed by atoms with Crippen molar-refractivity contribution in [1.29, 1.82) is 0 Å². The molecule has 0 heterocycles. The van der Waals surface area contributed by atoms with Crippen LogP contribution in [0.3, 0.4) is 0 Å². The molecule has 82 valence electrons. The molecule has 2 unspecified atom stereocenters. The Morgan fingerprint density at radius 2 is 2.00 bits per heavy atom. The van der Waals surface area contributed by atoms with Gasteiger partial charge in [0, 0.05) is 0 Å². The van der Waals surface area contributed by atoms with Crippen LogP contribution < -0.4 is 5.32 Å². The number of carboxylic acid groups (broad SMARTS) is 1. The first-order chi connectivity index (χ1) is 6.52. The molecule has 0 fully saturated rings. The normalized spacial score (nSPS) is 14.2. The summed E-state index contributed by atoms with van der Waals surface area (Å²) in [5.74, 6) is -1.15. The molecule has 1 amide bonds. The fourth-order valence-electron chi connectivity index (χ4n) is 0.983. The van der Waals surface area contributed by atoms with E-state index in [-0.39, 0.29) is 12.5 Å². The monoisotopic (exact) mass is 203 g/mol. The second kappa shape index (κ2) is 6.23. The molecule has 0 bridgehead atoms. The van der Waals surface area contributed by atoms with Crippen molar-refractivity contribution in [3.63, 3.8) is 0 Å². The number of nitrogens with one attached hydrogen (secondary N) is 1. The number of hydrogen-bond acceptors (Lipinski definition) is 3. The molecule has 5 heteroatoms. The fourth-order valence-corrected chi connectivity index (χ4v) is 0.983. The average Bonchev–Trinajstić information content (AvgIpc) is 2.13. The Balaban J connectivity index is 4.23. The largest absolute Gasteiger partial charge is 0.480 e. The van der Waals surface area contributed by atoms with Crippen molar-refractivity contribution in [3.8, 4) is 0 Å². The maximum atomic E-state index is 11.0. The van der Waals surface area contributed by atoms with Gasteiger partial charge in [-0.05, 0) is 12.8 Å². The third kappa shape index (κ3) is 4.11. The van der Waals surface area contributed by atoms with E-state index in [1.165, 1.54) is 0 Å². The standard InChI is InChI=1S/C9H17NO4/c1-4-6(3)7(8(11)12)10-9(13)14-5-2/h6-7H,4-5H2,1-3H3,(H,10,13)(H,11,12). The Morgan fingerprint density at radius 3 is 2.36 bits per heavy atom. The molecule has 5 nitrogen and oxygen atoms in total. The second-order valence-electron chi connectivity index (χ2n) is 3.07. The van der Waals surface area contributed by atoms with Crippen molar-refractivity contribution in [1.82, 2.24) is 5.32 Å². The van der Waals surface area contributed by atoms with E-state index in [2.05, 4.69) is 10.1 Å². The van der Waals surface area contributed by atoms with Crippen LogP contribution in [0.4, 0.5) is 4.79 Å². The van der Waals surface area contributed by atoms with Crippen LogP contribution in [0.15, 0.2) is 0 Å². The van der Waals surface area contributed by atoms with E-state index in [0.717, 1.165) is 0 Å². The minimum Gasteiger partial charge on any atom is -0.480 e. The number of rotatable bonds is 5. The molecular weight excluding hydrogens is 186 g/mol. The first kappa shape index (κ1) is 12.7. The quantitative estimate of drug-likeness (QED) is 0.704. The van der Waals surface area contributed by atoms with Crippen LogP contribution in [0.2, 0.25) is 0 Å². The number of carbonyl (C=O) groups is 2. The molecule has 0 saturated heterocycles. The van der Waals surface area contributed by atoms with Gasteiger partial charge in [-0.2, -0.15) is 0 Å². The van der Waals surface area contributed by atoms with Gasteiger partial charge >= 0.3 is 12.1 Å². The van der Waals surface area contributed by atoms with E-state index in [1.807, 2.05) is 6.92 Å². The first-order valence-corrected chi connectivity index (χ1v) is 4.69. The second-order valence-corrected chi connectivity index (χ2v) is 3.07. The highest BCUT2D eigenvalue weighted by molar-refractivity contribution is 5.80. The summed E-state index contributed by atoms with van der Waals surface area (Å²) in [7, 11) is 0. The molecule has 0 aliphatic carbocycles. The third-order valence-electron chi connectivity index (χ3n) is 2.03. The molecule has 0 aliphatic heterocycles. The van der Waals surface area contributed by atoms with Gasteiger partial charge in [0.25, 0.3) is 0 Å². The highest BCUT2D eigenvalue weighted by Crippen LogP contribution is 2.07. The SMILES string of the molecule is CCOC(=O)NC(C(=O)O)C(C)CC. The zero-order valence-electron chi connectivity index (χ0n) is 8.74. The van der Waals surface area contributed by atoms with Crippen LogP contribution in [-0.4, -0.2) is 29.8 Å². The lowest BCUT2D eigenvalue weighted by Gasteiger charge is -2.19. The van der Waals surface area contributed by atoms with Gasteiger partial charge in [0.1, 0.15) is 6.04 Å². The molecular formula is C9H17NO4. The summed E-state index contributed by atoms with van der Waals surface area (Å²) in [6, 6.07) is -0.876. The van der Waals surface area contributed by atoms with Gasteiger partial charge in [0.05, 0.1) is 6.61 Å². The lowest BCUT2D eigenvalue weighted by atomic mass is 10.00. The molecule has 0 spiro atoms. The van der Waals surface area contributed by atoms with Gasteiger partial charge in [-0.25, -0.2) is 9.59 Å². The molecule has 14 heavy (non-hydrogen) atoms. The van der Waals surface area contributed by atoms with Gasteiger partial charge in [-0.15, -0.1) is 0 Å². The molecule has 0 saturated carbocycles. The minimum atomic E-state index is -1.03. The highest BCUT2D eigenvalue weighted by atomic mass is 16.5. The topological polar surface area (TPSA) is 75.6 Å². The zero-order valence-corrected chi connectivity index (χ0v) is 8.74. The summed E-state index contributed by atoms with van der Waals surface area (Å²) in [5.41, 5.74) is 0. The Kier molecular flexibility index (Phi) is 5.67. The van der Waals surface area contributed by atoms with Crippen molar-refractivity contribution < 1.29 is 19.4 Å². The minimum absolute atomic E-state index is 0.114. The summed E-state index contributed by atoms with van der Waals surface area (Å²) in [4.78, 5) is 21.8. The van der Waals surface area contributed by atoms with E-state index in [1.54, 1.807) is 13.8 Å². The molecule has 2 atom stereocenters. The number of carboxylic acids is 1. The Hall–Kier alpha value is -1.26. The van der Waals surface area contributed by atoms with Crippen LogP contribution in [0.25, 0.3) is 0 Å². The van der Waals surface area contributed by atoms with Crippen molar-refractivity contribution in [2.24, 2.45) is 5.92 Å². The van der Waals surface area contributed by atoms with E-state index in [9.17, 15) is 9.59 Å². The van der Waals surface area contributed by atoms with Gasteiger partial charge in [-0.3, -0.25) is 0 Å². The van der Waals surface area contributed by atoms with Crippen LogP contribution >= 0.6 is 0 Å². The molecule has 0 aliphatic rings. The number of alkyl carbamates (subject to hydrolysis) is 1. The van der Waals surface area contributed by atoms with E-state index in [0.29, 0.717) is 6.42 Å². The van der Waals surface area contributed by atoms with Crippen molar-refractivity contribution in [3.05, 3.63) is 0 Å². The summed E-state index contributed by atoms with van der Waals surface area (Å²) in [6.45, 7) is 5.54. The summed E-state index contributed by atoms with van der Waals surface area (Å²) < 4.78 is 4.60. The van der Waals surface area contributed by atoms with Crippen molar-refractivity contribution in [2.75, 3.05) is 6.61 Å². The van der Waals surface area contributed by atoms with Crippen molar-refractivity contribution in [2.45, 2.75) is 33.2 Å². The lowest BCUT2D eigenvalue weighted by Crippen LogP contribution is -2.45. The Labute approximate surface area is 83.4 Å². The van der Waals surface area contributed by atoms with E-state index >= 15 is 0 Å². The van der Waals surface area contributed by atoms with E-state index in [4.69, 9.17) is 5.11 Å². The van der Waals surface area contributed by atoms with Crippen LogP contribution in [0.1, 0.15) is 27.2 Å². The lowest BCUT2D eigenvalue weighted by molar-refractivity contribution is -0.140. The number of amides is 1. The number of ether oxygens (including phenoxy) is 1. The maximum Gasteiger partial charge on any atom is 0.407 e. The number of aliphatic carboxylic acids is 1. The smallest absolute Gasteiger partial charge is 0.407 e. The molecule has 2 N–H and O–H groups in total. The molecule has 0 aromatic carbocycles. The zero-order chi connectivity index (χ0) is 11.1. The Bertz CT molecular complexity index is 205. The molecule has 0 rings (SSSR count). The van der Waals surface area contributed by atoms with E-state index < -0.39 is 18.1 Å². The predicted molar refractivity (Wildman–Crippen MR) is 51.0 cm³/mol. The fraction of sp³-hybridized carbons (Fsp3) is 0.778. The number of carbonyl (C=O) groups excluding carboxylic acids is 1. The maximum absolute atomic E-state index is 11.0. The van der Waals surface area contributed by atoms with Crippen LogP contribution in [-0.2, 0) is 9.53 Å². The van der Waals surface area contributed by atoms with Crippen LogP contribution in [0.5, 0.6) is 0 Å². The van der Waals surface area contributed by atoms with Crippen LogP contribution in [0, 0.1) is 5.92 Å². The highest BCUT2D eigenvalue weighted by Gasteiger charge is 2.25. The predicted octanol–water partition coefficient (Wildman–Crippen LogP) is 1.23. The van der Waals surface area contributed by atoms with Crippen molar-refractivity contribution >= 4 is 12.1 Å². The Morgan fingerprint density at radius 1 is 1.43 bits per heavy atom. The third-order valence-corrected chi connectivity index (χ3v) is 2.03. The molecule has 0 radical (unpaired) electrons. The number of hydrogen-bond donors (Lipinski definition) is 2. The first-order valence-electron chi connectivity index (χ1n) is 4.69. The summed E-state index contributed by atoms with van der Waals surface area (Å²) >= 11 is 0. The van der Waals surface area contributed by atoms with Gasteiger partial charge in [-0.1, -0.05) is 20.3 Å². The summed E-state index contributed by atoms with van der Waals surface area (Å²) in [6.07, 6.45) is 0.00353. The van der Waals surface area contributed by atoms with Gasteiger partial charge in [0.2, 0.25) is 0 Å². The molecule has 0 aromatic heterocycles. The van der Waals surface area contributed by atoms with Gasteiger partial charge in [0.15, 0.2) is 0 Å². The molecule has 0 aromatic rings. The van der Waals surface area contributed by atoms with Gasteiger partial charge < -0.3 is 15.2 Å². The summed E-state index contributed by atoms with van der Waals surface area (Å²) in [5, 5.41) is 11.1.